The first kappa shape index (κ1) is 25.6. The summed E-state index contributed by atoms with van der Waals surface area (Å²) in [6.07, 6.45) is -5.82. The van der Waals surface area contributed by atoms with Crippen LogP contribution >= 0.6 is 0 Å². The van der Waals surface area contributed by atoms with E-state index in [9.17, 15) is 27.5 Å². The Kier molecular flexibility index (Phi) is 6.27. The maximum atomic E-state index is 14.8. The second kappa shape index (κ2) is 9.53. The number of nitrogens with zero attached hydrogens (tertiary/aromatic N) is 1. The summed E-state index contributed by atoms with van der Waals surface area (Å²) in [5, 5.41) is 11.5. The van der Waals surface area contributed by atoms with Crippen molar-refractivity contribution >= 4 is 6.09 Å². The third-order valence-corrected chi connectivity index (χ3v) is 7.77. The molecule has 2 saturated heterocycles. The molecule has 204 valence electrons. The minimum Gasteiger partial charge on any atom is -0.448 e. The Labute approximate surface area is 221 Å². The maximum Gasteiger partial charge on any atom is 0.573 e. The normalized spacial score (nSPS) is 24.2. The number of ether oxygens (including phenoxy) is 3. The zero-order valence-electron chi connectivity index (χ0n) is 20.7. The van der Waals surface area contributed by atoms with Crippen molar-refractivity contribution in [1.29, 1.82) is 0 Å². The summed E-state index contributed by atoms with van der Waals surface area (Å²) in [5.74, 6) is -1.63. The van der Waals surface area contributed by atoms with Crippen molar-refractivity contribution in [3.05, 3.63) is 89.2 Å². The number of hydrogen-bond donors (Lipinski definition) is 1. The molecule has 3 aromatic rings. The predicted octanol–water partition coefficient (Wildman–Crippen LogP) is 5.72. The molecule has 0 aromatic heterocycles. The highest BCUT2D eigenvalue weighted by molar-refractivity contribution is 5.79. The number of carbonyl (C=O) groups is 1. The Hall–Kier alpha value is -3.63. The van der Waals surface area contributed by atoms with Gasteiger partial charge in [0, 0.05) is 24.3 Å². The number of alkyl halides is 3. The molecule has 2 heterocycles. The van der Waals surface area contributed by atoms with Crippen LogP contribution in [-0.4, -0.2) is 54.4 Å². The summed E-state index contributed by atoms with van der Waals surface area (Å²) in [7, 11) is 0. The standard InChI is InChI=1S/C29H25F4NO5/c30-26-10-9-19(39-29(31,32)33)11-25(26)28(36)12-17-14-37-15-18(13-28)34(17)27(35)38-16-24-22-7-3-1-5-20(22)21-6-2-4-8-23(21)24/h1-11,17-18,24,36H,12-16H2. The Morgan fingerprint density at radius 2 is 1.56 bits per heavy atom. The van der Waals surface area contributed by atoms with Crippen molar-refractivity contribution in [3.63, 3.8) is 0 Å². The highest BCUT2D eigenvalue weighted by Crippen LogP contribution is 2.46. The molecule has 2 fully saturated rings. The Bertz CT molecular complexity index is 1350. The van der Waals surface area contributed by atoms with Gasteiger partial charge < -0.3 is 19.3 Å². The number of benzene rings is 3. The summed E-state index contributed by atoms with van der Waals surface area (Å²) >= 11 is 0. The van der Waals surface area contributed by atoms with Gasteiger partial charge in [-0.1, -0.05) is 48.5 Å². The number of piperidine rings is 1. The Morgan fingerprint density at radius 1 is 0.974 bits per heavy atom. The lowest BCUT2D eigenvalue weighted by Gasteiger charge is -2.51. The number of halogens is 4. The minimum absolute atomic E-state index is 0.0728. The average molecular weight is 544 g/mol. The fourth-order valence-electron chi connectivity index (χ4n) is 6.22. The van der Waals surface area contributed by atoms with Gasteiger partial charge in [0.05, 0.1) is 30.9 Å². The van der Waals surface area contributed by atoms with Crippen molar-refractivity contribution in [2.75, 3.05) is 19.8 Å². The SMILES string of the molecule is O=C(OCC1c2ccccc2-c2ccccc21)N1C2COCC1CC(O)(c1cc(OC(F)(F)F)ccc1F)C2. The van der Waals surface area contributed by atoms with E-state index in [0.717, 1.165) is 40.5 Å². The van der Waals surface area contributed by atoms with Crippen molar-refractivity contribution in [2.45, 2.75) is 42.8 Å². The van der Waals surface area contributed by atoms with Crippen LogP contribution in [0.4, 0.5) is 22.4 Å². The molecule has 0 radical (unpaired) electrons. The molecule has 2 bridgehead atoms. The molecule has 0 spiro atoms. The summed E-state index contributed by atoms with van der Waals surface area (Å²) in [6.45, 7) is 0.256. The van der Waals surface area contributed by atoms with E-state index in [-0.39, 0.29) is 44.1 Å². The van der Waals surface area contributed by atoms with Gasteiger partial charge in [-0.2, -0.15) is 0 Å². The van der Waals surface area contributed by atoms with E-state index in [1.165, 1.54) is 4.90 Å². The van der Waals surface area contributed by atoms with E-state index < -0.39 is 41.7 Å². The van der Waals surface area contributed by atoms with Gasteiger partial charge in [-0.3, -0.25) is 4.90 Å². The number of carbonyl (C=O) groups excluding carboxylic acids is 1. The van der Waals surface area contributed by atoms with Crippen LogP contribution < -0.4 is 4.74 Å². The van der Waals surface area contributed by atoms with Crippen LogP contribution in [0.15, 0.2) is 66.7 Å². The summed E-state index contributed by atoms with van der Waals surface area (Å²) < 4.78 is 68.3. The van der Waals surface area contributed by atoms with Crippen LogP contribution in [0.1, 0.15) is 35.4 Å². The molecule has 3 aliphatic rings. The monoisotopic (exact) mass is 543 g/mol. The quantitative estimate of drug-likeness (QED) is 0.426. The fourth-order valence-corrected chi connectivity index (χ4v) is 6.22. The van der Waals surface area contributed by atoms with Crippen LogP contribution in [0.5, 0.6) is 5.75 Å². The highest BCUT2D eigenvalue weighted by Gasteiger charge is 2.50. The van der Waals surface area contributed by atoms with Gasteiger partial charge in [0.25, 0.3) is 0 Å². The van der Waals surface area contributed by atoms with Gasteiger partial charge in [-0.25, -0.2) is 9.18 Å². The second-order valence-corrected chi connectivity index (χ2v) is 10.2. The van der Waals surface area contributed by atoms with Gasteiger partial charge in [0.2, 0.25) is 0 Å². The van der Waals surface area contributed by atoms with Crippen LogP contribution in [0, 0.1) is 5.82 Å². The molecule has 2 atom stereocenters. The molecule has 2 unspecified atom stereocenters. The second-order valence-electron chi connectivity index (χ2n) is 10.2. The minimum atomic E-state index is -4.96. The van der Waals surface area contributed by atoms with Crippen molar-refractivity contribution in [3.8, 4) is 16.9 Å². The zero-order chi connectivity index (χ0) is 27.4. The summed E-state index contributed by atoms with van der Waals surface area (Å²) in [5.41, 5.74) is 2.20. The highest BCUT2D eigenvalue weighted by atomic mass is 19.4. The molecule has 10 heteroatoms. The van der Waals surface area contributed by atoms with Gasteiger partial charge in [-0.05, 0) is 40.5 Å². The van der Waals surface area contributed by atoms with Crippen molar-refractivity contribution in [2.24, 2.45) is 0 Å². The molecule has 0 saturated carbocycles. The molecule has 1 amide bonds. The van der Waals surface area contributed by atoms with Gasteiger partial charge >= 0.3 is 12.5 Å². The number of morpholine rings is 1. The number of amides is 1. The van der Waals surface area contributed by atoms with Crippen LogP contribution in [0.2, 0.25) is 0 Å². The maximum absolute atomic E-state index is 14.8. The molecule has 2 aliphatic heterocycles. The summed E-state index contributed by atoms with van der Waals surface area (Å²) in [6, 6.07) is 17.2. The Balaban J connectivity index is 1.20. The zero-order valence-corrected chi connectivity index (χ0v) is 20.7. The van der Waals surface area contributed by atoms with Crippen LogP contribution in [-0.2, 0) is 15.1 Å². The van der Waals surface area contributed by atoms with Gasteiger partial charge in [0.15, 0.2) is 0 Å². The lowest BCUT2D eigenvalue weighted by atomic mass is 9.76. The molecule has 6 nitrogen and oxygen atoms in total. The van der Waals surface area contributed by atoms with Crippen molar-refractivity contribution in [1.82, 2.24) is 4.90 Å². The van der Waals surface area contributed by atoms with E-state index in [0.29, 0.717) is 0 Å². The van der Waals surface area contributed by atoms with Crippen LogP contribution in [0.3, 0.4) is 0 Å². The Morgan fingerprint density at radius 3 is 2.15 bits per heavy atom. The lowest BCUT2D eigenvalue weighted by Crippen LogP contribution is -2.62. The van der Waals surface area contributed by atoms with E-state index >= 15 is 0 Å². The molecule has 6 rings (SSSR count). The molecule has 1 N–H and O–H groups in total. The number of hydrogen-bond acceptors (Lipinski definition) is 5. The largest absolute Gasteiger partial charge is 0.573 e. The third kappa shape index (κ3) is 4.72. The first-order chi connectivity index (χ1) is 18.6. The van der Waals surface area contributed by atoms with Gasteiger partial charge in [0.1, 0.15) is 18.2 Å². The van der Waals surface area contributed by atoms with E-state index in [4.69, 9.17) is 9.47 Å². The van der Waals surface area contributed by atoms with E-state index in [2.05, 4.69) is 4.74 Å². The van der Waals surface area contributed by atoms with Crippen molar-refractivity contribution < 1.29 is 41.7 Å². The number of rotatable bonds is 4. The number of aliphatic hydroxyl groups is 1. The topological polar surface area (TPSA) is 68.2 Å². The predicted molar refractivity (Wildman–Crippen MR) is 132 cm³/mol. The lowest BCUT2D eigenvalue weighted by molar-refractivity contribution is -0.274. The molecule has 3 aromatic carbocycles. The van der Waals surface area contributed by atoms with Gasteiger partial charge in [-0.15, -0.1) is 13.2 Å². The third-order valence-electron chi connectivity index (χ3n) is 7.77. The van der Waals surface area contributed by atoms with E-state index in [1.54, 1.807) is 0 Å². The van der Waals surface area contributed by atoms with Crippen LogP contribution in [0.25, 0.3) is 11.1 Å². The number of fused-ring (bicyclic) bond motifs is 5. The average Bonchev–Trinajstić information content (AvgIpc) is 3.21. The molecular formula is C29H25F4NO5. The molecular weight excluding hydrogens is 518 g/mol. The first-order valence-corrected chi connectivity index (χ1v) is 12.6. The molecule has 39 heavy (non-hydrogen) atoms. The first-order valence-electron chi connectivity index (χ1n) is 12.6. The smallest absolute Gasteiger partial charge is 0.448 e. The fraction of sp³-hybridized carbons (Fsp3) is 0.345. The molecule has 1 aliphatic carbocycles. The van der Waals surface area contributed by atoms with E-state index in [1.807, 2.05) is 48.5 Å². The summed E-state index contributed by atoms with van der Waals surface area (Å²) in [4.78, 5) is 14.9.